The van der Waals surface area contributed by atoms with Crippen LogP contribution in [-0.2, 0) is 0 Å². The normalized spacial score (nSPS) is 11.4. The summed E-state index contributed by atoms with van der Waals surface area (Å²) in [6, 6.07) is 0. The predicted molar refractivity (Wildman–Crippen MR) is 85.7 cm³/mol. The standard InChI is InChI=1S/C17H37NO/c1-3-5-7-10-14-18(15-11-8-6-4-2)16-12-9-13-17-19/h19H,3-17H2,1-2H3. The molecule has 19 heavy (non-hydrogen) atoms. The average Bonchev–Trinajstić information content (AvgIpc) is 2.43. The maximum Gasteiger partial charge on any atom is 0.0431 e. The molecule has 0 fully saturated rings. The van der Waals surface area contributed by atoms with Crippen molar-refractivity contribution in [2.24, 2.45) is 0 Å². The van der Waals surface area contributed by atoms with Crippen molar-refractivity contribution < 1.29 is 5.11 Å². The first-order valence-electron chi connectivity index (χ1n) is 8.68. The van der Waals surface area contributed by atoms with Crippen LogP contribution in [0.3, 0.4) is 0 Å². The molecule has 0 bridgehead atoms. The second kappa shape index (κ2) is 16.0. The number of rotatable bonds is 15. The van der Waals surface area contributed by atoms with Crippen LogP contribution in [0, 0.1) is 0 Å². The number of unbranched alkanes of at least 4 members (excludes halogenated alkanes) is 8. The van der Waals surface area contributed by atoms with Gasteiger partial charge >= 0.3 is 0 Å². The van der Waals surface area contributed by atoms with Crippen molar-refractivity contribution in [3.63, 3.8) is 0 Å². The molecule has 0 saturated heterocycles. The summed E-state index contributed by atoms with van der Waals surface area (Å²) in [6.07, 6.45) is 14.3. The molecule has 0 aliphatic rings. The van der Waals surface area contributed by atoms with Crippen molar-refractivity contribution in [2.75, 3.05) is 26.2 Å². The van der Waals surface area contributed by atoms with Gasteiger partial charge in [0.1, 0.15) is 0 Å². The van der Waals surface area contributed by atoms with E-state index in [1.807, 2.05) is 0 Å². The summed E-state index contributed by atoms with van der Waals surface area (Å²) in [5.41, 5.74) is 0. The number of hydrogen-bond donors (Lipinski definition) is 1. The molecule has 0 heterocycles. The Labute approximate surface area is 121 Å². The Bertz CT molecular complexity index is 133. The van der Waals surface area contributed by atoms with E-state index in [-0.39, 0.29) is 0 Å². The third-order valence-corrected chi connectivity index (χ3v) is 3.79. The van der Waals surface area contributed by atoms with E-state index in [2.05, 4.69) is 18.7 Å². The van der Waals surface area contributed by atoms with Crippen molar-refractivity contribution in [2.45, 2.75) is 84.5 Å². The lowest BCUT2D eigenvalue weighted by atomic mass is 10.1. The highest BCUT2D eigenvalue weighted by Gasteiger charge is 2.04. The van der Waals surface area contributed by atoms with Gasteiger partial charge in [0, 0.05) is 6.61 Å². The summed E-state index contributed by atoms with van der Waals surface area (Å²) in [5.74, 6) is 0. The monoisotopic (exact) mass is 271 g/mol. The van der Waals surface area contributed by atoms with Gasteiger partial charge in [0.25, 0.3) is 0 Å². The van der Waals surface area contributed by atoms with Gasteiger partial charge in [0.2, 0.25) is 0 Å². The molecule has 1 N–H and O–H groups in total. The predicted octanol–water partition coefficient (Wildman–Crippen LogP) is 4.61. The average molecular weight is 271 g/mol. The smallest absolute Gasteiger partial charge is 0.0431 e. The summed E-state index contributed by atoms with van der Waals surface area (Å²) >= 11 is 0. The molecule has 0 amide bonds. The topological polar surface area (TPSA) is 23.5 Å². The Hall–Kier alpha value is -0.0800. The van der Waals surface area contributed by atoms with Crippen LogP contribution < -0.4 is 0 Å². The van der Waals surface area contributed by atoms with E-state index >= 15 is 0 Å². The molecule has 0 rings (SSSR count). The molecule has 0 radical (unpaired) electrons. The Morgan fingerprint density at radius 1 is 0.579 bits per heavy atom. The second-order valence-electron chi connectivity index (χ2n) is 5.75. The molecule has 0 aliphatic carbocycles. The van der Waals surface area contributed by atoms with Crippen LogP contribution in [0.1, 0.15) is 84.5 Å². The lowest BCUT2D eigenvalue weighted by Crippen LogP contribution is -2.27. The van der Waals surface area contributed by atoms with Crippen molar-refractivity contribution >= 4 is 0 Å². The molecule has 0 aromatic heterocycles. The molecule has 0 spiro atoms. The maximum atomic E-state index is 8.82. The summed E-state index contributed by atoms with van der Waals surface area (Å²) in [7, 11) is 0. The minimum atomic E-state index is 0.354. The van der Waals surface area contributed by atoms with E-state index < -0.39 is 0 Å². The number of aliphatic hydroxyl groups excluding tert-OH is 1. The van der Waals surface area contributed by atoms with E-state index in [9.17, 15) is 0 Å². The highest BCUT2D eigenvalue weighted by atomic mass is 16.2. The molecule has 116 valence electrons. The van der Waals surface area contributed by atoms with E-state index in [0.29, 0.717) is 6.61 Å². The number of hydrogen-bond acceptors (Lipinski definition) is 2. The lowest BCUT2D eigenvalue weighted by Gasteiger charge is -2.22. The zero-order chi connectivity index (χ0) is 14.2. The summed E-state index contributed by atoms with van der Waals surface area (Å²) in [4.78, 5) is 2.66. The van der Waals surface area contributed by atoms with Crippen LogP contribution in [0.4, 0.5) is 0 Å². The molecule has 0 aromatic carbocycles. The second-order valence-corrected chi connectivity index (χ2v) is 5.75. The van der Waals surface area contributed by atoms with Gasteiger partial charge in [-0.25, -0.2) is 0 Å². The Balaban J connectivity index is 3.66. The first-order chi connectivity index (χ1) is 9.35. The molecule has 2 heteroatoms. The van der Waals surface area contributed by atoms with Gasteiger partial charge in [-0.1, -0.05) is 52.4 Å². The van der Waals surface area contributed by atoms with E-state index in [1.54, 1.807) is 0 Å². The fraction of sp³-hybridized carbons (Fsp3) is 1.00. The third kappa shape index (κ3) is 14.1. The molecular weight excluding hydrogens is 234 g/mol. The zero-order valence-corrected chi connectivity index (χ0v) is 13.5. The van der Waals surface area contributed by atoms with Crippen molar-refractivity contribution in [3.8, 4) is 0 Å². The van der Waals surface area contributed by atoms with Crippen LogP contribution in [0.2, 0.25) is 0 Å². The van der Waals surface area contributed by atoms with Gasteiger partial charge in [-0.15, -0.1) is 0 Å². The largest absolute Gasteiger partial charge is 0.396 e. The van der Waals surface area contributed by atoms with E-state index in [4.69, 9.17) is 5.11 Å². The summed E-state index contributed by atoms with van der Waals surface area (Å²) in [5, 5.41) is 8.82. The van der Waals surface area contributed by atoms with Gasteiger partial charge in [-0.05, 0) is 51.7 Å². The SMILES string of the molecule is CCCCCCN(CCCCCC)CCCCCO. The van der Waals surface area contributed by atoms with Gasteiger partial charge in [-0.3, -0.25) is 0 Å². The minimum Gasteiger partial charge on any atom is -0.396 e. The fourth-order valence-corrected chi connectivity index (χ4v) is 2.48. The summed E-state index contributed by atoms with van der Waals surface area (Å²) < 4.78 is 0. The highest BCUT2D eigenvalue weighted by Crippen LogP contribution is 2.07. The summed E-state index contributed by atoms with van der Waals surface area (Å²) in [6.45, 7) is 8.70. The molecular formula is C17H37NO. The molecule has 2 nitrogen and oxygen atoms in total. The fourth-order valence-electron chi connectivity index (χ4n) is 2.48. The van der Waals surface area contributed by atoms with Crippen LogP contribution >= 0.6 is 0 Å². The minimum absolute atomic E-state index is 0.354. The third-order valence-electron chi connectivity index (χ3n) is 3.79. The van der Waals surface area contributed by atoms with Crippen LogP contribution in [0.25, 0.3) is 0 Å². The van der Waals surface area contributed by atoms with Gasteiger partial charge in [-0.2, -0.15) is 0 Å². The van der Waals surface area contributed by atoms with Gasteiger partial charge in [0.15, 0.2) is 0 Å². The quantitative estimate of drug-likeness (QED) is 0.440. The van der Waals surface area contributed by atoms with Crippen LogP contribution in [0.15, 0.2) is 0 Å². The number of aliphatic hydroxyl groups is 1. The first-order valence-corrected chi connectivity index (χ1v) is 8.68. The molecule has 0 saturated carbocycles. The first kappa shape index (κ1) is 18.9. The maximum absolute atomic E-state index is 8.82. The van der Waals surface area contributed by atoms with Gasteiger partial charge < -0.3 is 10.0 Å². The van der Waals surface area contributed by atoms with Crippen LogP contribution in [-0.4, -0.2) is 36.2 Å². The van der Waals surface area contributed by atoms with Crippen LogP contribution in [0.5, 0.6) is 0 Å². The molecule has 0 unspecified atom stereocenters. The van der Waals surface area contributed by atoms with Crippen molar-refractivity contribution in [3.05, 3.63) is 0 Å². The van der Waals surface area contributed by atoms with E-state index in [0.717, 1.165) is 6.42 Å². The van der Waals surface area contributed by atoms with Gasteiger partial charge in [0.05, 0.1) is 0 Å². The Morgan fingerprint density at radius 2 is 1.00 bits per heavy atom. The Morgan fingerprint density at radius 3 is 1.37 bits per heavy atom. The molecule has 0 atom stereocenters. The van der Waals surface area contributed by atoms with Crippen molar-refractivity contribution in [1.82, 2.24) is 4.90 Å². The lowest BCUT2D eigenvalue weighted by molar-refractivity contribution is 0.244. The van der Waals surface area contributed by atoms with E-state index in [1.165, 1.54) is 83.8 Å². The molecule has 0 aliphatic heterocycles. The zero-order valence-electron chi connectivity index (χ0n) is 13.5. The van der Waals surface area contributed by atoms with Crippen molar-refractivity contribution in [1.29, 1.82) is 0 Å². The Kier molecular flexibility index (Phi) is 15.9. The number of nitrogens with zero attached hydrogens (tertiary/aromatic N) is 1. The molecule has 0 aromatic rings. The highest BCUT2D eigenvalue weighted by molar-refractivity contribution is 4.59.